The molecule has 0 saturated heterocycles. The number of aryl methyl sites for hydroxylation is 1. The van der Waals surface area contributed by atoms with Gasteiger partial charge in [0.05, 0.1) is 0 Å². The molecular formula is C33H56. The van der Waals surface area contributed by atoms with Gasteiger partial charge in [-0.3, -0.25) is 0 Å². The zero-order valence-corrected chi connectivity index (χ0v) is 23.0. The van der Waals surface area contributed by atoms with E-state index in [4.69, 9.17) is 0 Å². The van der Waals surface area contributed by atoms with Crippen molar-refractivity contribution in [1.82, 2.24) is 0 Å². The van der Waals surface area contributed by atoms with Gasteiger partial charge in [-0.25, -0.2) is 0 Å². The molecule has 3 rings (SSSR count). The second-order valence-electron chi connectivity index (χ2n) is 6.97. The minimum Gasteiger partial charge on any atom is -0.0776 e. The lowest BCUT2D eigenvalue weighted by Crippen LogP contribution is -1.83. The van der Waals surface area contributed by atoms with Gasteiger partial charge < -0.3 is 0 Å². The number of hydrogen-bond acceptors (Lipinski definition) is 0. The first-order valence-electron chi connectivity index (χ1n) is 12.7. The Balaban J connectivity index is -0.000000169. The molecule has 33 heavy (non-hydrogen) atoms. The van der Waals surface area contributed by atoms with Gasteiger partial charge in [-0.15, -0.1) is 0 Å². The molecule has 0 fully saturated rings. The van der Waals surface area contributed by atoms with Gasteiger partial charge in [0.15, 0.2) is 0 Å². The van der Waals surface area contributed by atoms with Crippen LogP contribution in [0, 0.1) is 0 Å². The van der Waals surface area contributed by atoms with Crippen LogP contribution in [0.2, 0.25) is 0 Å². The van der Waals surface area contributed by atoms with Crippen LogP contribution in [0.3, 0.4) is 0 Å². The van der Waals surface area contributed by atoms with Crippen LogP contribution in [0.15, 0.2) is 91.0 Å². The third-order valence-electron chi connectivity index (χ3n) is 4.18. The summed E-state index contributed by atoms with van der Waals surface area (Å²) in [5.74, 6) is 1.32. The Kier molecular flexibility index (Phi) is 34.1. The van der Waals surface area contributed by atoms with E-state index in [1.165, 1.54) is 16.7 Å². The molecule has 0 aliphatic heterocycles. The average molecular weight is 453 g/mol. The van der Waals surface area contributed by atoms with E-state index in [-0.39, 0.29) is 7.43 Å². The standard InChI is InChI=1S/2C9H12.C8H10.3C2H6.CH4/c2*1-8(2)9-6-4-3-5-7-9;1-2-8-6-4-3-5-7-8;3*1-2;/h2*3-8H,1-2H3;3-7H,2H2,1H3;3*1-2H3;1H4. The molecule has 0 aromatic heterocycles. The molecule has 0 aliphatic rings. The highest BCUT2D eigenvalue weighted by Crippen LogP contribution is 2.12. The predicted octanol–water partition coefficient (Wildman–Crippen LogP) is 11.6. The molecule has 0 nitrogen and oxygen atoms in total. The maximum absolute atomic E-state index is 2.20. The summed E-state index contributed by atoms with van der Waals surface area (Å²) in [5.41, 5.74) is 4.24. The lowest BCUT2D eigenvalue weighted by molar-refractivity contribution is 0.867. The van der Waals surface area contributed by atoms with Crippen molar-refractivity contribution in [1.29, 1.82) is 0 Å². The minimum absolute atomic E-state index is 0. The van der Waals surface area contributed by atoms with Crippen LogP contribution in [-0.2, 0) is 6.42 Å². The van der Waals surface area contributed by atoms with Gasteiger partial charge in [-0.05, 0) is 34.9 Å². The van der Waals surface area contributed by atoms with E-state index in [0.717, 1.165) is 6.42 Å². The molecule has 0 spiro atoms. The minimum atomic E-state index is 0. The Bertz CT molecular complexity index is 624. The Morgan fingerprint density at radius 3 is 0.848 bits per heavy atom. The highest BCUT2D eigenvalue weighted by atomic mass is 14.0. The van der Waals surface area contributed by atoms with Crippen LogP contribution in [0.1, 0.15) is 112 Å². The molecule has 0 unspecified atom stereocenters. The van der Waals surface area contributed by atoms with Crippen molar-refractivity contribution in [3.63, 3.8) is 0 Å². The van der Waals surface area contributed by atoms with Gasteiger partial charge >= 0.3 is 0 Å². The summed E-state index contributed by atoms with van der Waals surface area (Å²) >= 11 is 0. The number of rotatable bonds is 3. The van der Waals surface area contributed by atoms with Gasteiger partial charge in [-0.1, -0.05) is 175 Å². The van der Waals surface area contributed by atoms with Crippen LogP contribution in [-0.4, -0.2) is 0 Å². The van der Waals surface area contributed by atoms with Crippen molar-refractivity contribution in [2.24, 2.45) is 0 Å². The normalized spacial score (nSPS) is 8.27. The molecule has 0 saturated carbocycles. The van der Waals surface area contributed by atoms with Crippen molar-refractivity contribution in [2.75, 3.05) is 0 Å². The third kappa shape index (κ3) is 22.6. The summed E-state index contributed by atoms with van der Waals surface area (Å²) < 4.78 is 0. The topological polar surface area (TPSA) is 0 Å². The third-order valence-corrected chi connectivity index (χ3v) is 4.18. The van der Waals surface area contributed by atoms with E-state index in [0.29, 0.717) is 11.8 Å². The van der Waals surface area contributed by atoms with Crippen LogP contribution in [0.25, 0.3) is 0 Å². The van der Waals surface area contributed by atoms with Gasteiger partial charge in [0, 0.05) is 0 Å². The summed E-state index contributed by atoms with van der Waals surface area (Å²) in [6, 6.07) is 31.5. The van der Waals surface area contributed by atoms with Gasteiger partial charge in [-0.2, -0.15) is 0 Å². The fourth-order valence-electron chi connectivity index (χ4n) is 2.39. The lowest BCUT2D eigenvalue weighted by Gasteiger charge is -2.01. The lowest BCUT2D eigenvalue weighted by atomic mass is 10.0. The van der Waals surface area contributed by atoms with E-state index >= 15 is 0 Å². The first-order valence-corrected chi connectivity index (χ1v) is 12.7. The van der Waals surface area contributed by atoms with E-state index in [2.05, 4.69) is 107 Å². The molecule has 0 N–H and O–H groups in total. The molecule has 0 heteroatoms. The highest BCUT2D eigenvalue weighted by molar-refractivity contribution is 5.18. The Hall–Kier alpha value is -2.34. The largest absolute Gasteiger partial charge is 0.0776 e. The molecule has 0 bridgehead atoms. The van der Waals surface area contributed by atoms with Crippen LogP contribution >= 0.6 is 0 Å². The van der Waals surface area contributed by atoms with Gasteiger partial charge in [0.25, 0.3) is 0 Å². The Morgan fingerprint density at radius 1 is 0.455 bits per heavy atom. The summed E-state index contributed by atoms with van der Waals surface area (Å²) in [7, 11) is 0. The van der Waals surface area contributed by atoms with Crippen molar-refractivity contribution in [3.05, 3.63) is 108 Å². The smallest absolute Gasteiger partial charge is 0.0219 e. The van der Waals surface area contributed by atoms with Crippen molar-refractivity contribution < 1.29 is 0 Å². The van der Waals surface area contributed by atoms with Crippen molar-refractivity contribution in [3.8, 4) is 0 Å². The first kappa shape index (κ1) is 37.9. The summed E-state index contributed by atoms with van der Waals surface area (Å²) in [6.07, 6.45) is 1.14. The molecule has 188 valence electrons. The van der Waals surface area contributed by atoms with Gasteiger partial charge in [0.2, 0.25) is 0 Å². The molecular weight excluding hydrogens is 396 g/mol. The second-order valence-corrected chi connectivity index (χ2v) is 6.97. The summed E-state index contributed by atoms with van der Waals surface area (Å²) in [4.78, 5) is 0. The zero-order chi connectivity index (χ0) is 25.2. The monoisotopic (exact) mass is 452 g/mol. The summed E-state index contributed by atoms with van der Waals surface area (Å²) in [5, 5.41) is 0. The molecule has 0 radical (unpaired) electrons. The van der Waals surface area contributed by atoms with Crippen molar-refractivity contribution >= 4 is 0 Å². The fourth-order valence-corrected chi connectivity index (χ4v) is 2.39. The number of hydrogen-bond donors (Lipinski definition) is 0. The SMILES string of the molecule is C.CC.CC.CC.CC(C)c1ccccc1.CC(C)c1ccccc1.CCc1ccccc1. The zero-order valence-electron chi connectivity index (χ0n) is 23.0. The van der Waals surface area contributed by atoms with E-state index in [9.17, 15) is 0 Å². The molecule has 0 heterocycles. The Morgan fingerprint density at radius 2 is 0.697 bits per heavy atom. The Labute approximate surface area is 209 Å². The molecule has 0 atom stereocenters. The highest BCUT2D eigenvalue weighted by Gasteiger charge is 1.94. The van der Waals surface area contributed by atoms with Gasteiger partial charge in [0.1, 0.15) is 0 Å². The molecule has 0 amide bonds. The fraction of sp³-hybridized carbons (Fsp3) is 0.455. The van der Waals surface area contributed by atoms with Crippen LogP contribution < -0.4 is 0 Å². The van der Waals surface area contributed by atoms with Crippen LogP contribution in [0.4, 0.5) is 0 Å². The summed E-state index contributed by atoms with van der Waals surface area (Å²) in [6.45, 7) is 23.0. The van der Waals surface area contributed by atoms with E-state index in [1.54, 1.807) is 0 Å². The molecule has 0 aliphatic carbocycles. The number of benzene rings is 3. The molecule has 3 aromatic rings. The molecule has 3 aromatic carbocycles. The average Bonchev–Trinajstić information content (AvgIpc) is 2.90. The van der Waals surface area contributed by atoms with Crippen molar-refractivity contribution in [2.45, 2.75) is 102 Å². The maximum Gasteiger partial charge on any atom is -0.0219 e. The quantitative estimate of drug-likeness (QED) is 0.370. The predicted molar refractivity (Wildman–Crippen MR) is 158 cm³/mol. The second kappa shape index (κ2) is 29.7. The maximum atomic E-state index is 2.20. The van der Waals surface area contributed by atoms with E-state index in [1.807, 2.05) is 59.7 Å². The van der Waals surface area contributed by atoms with E-state index < -0.39 is 0 Å². The first-order chi connectivity index (χ1) is 15.5. The van der Waals surface area contributed by atoms with Crippen LogP contribution in [0.5, 0.6) is 0 Å².